The molecule has 0 saturated heterocycles. The quantitative estimate of drug-likeness (QED) is 0.633. The minimum atomic E-state index is 0.591. The molecule has 0 aromatic heterocycles. The van der Waals surface area contributed by atoms with Gasteiger partial charge in [0.15, 0.2) is 0 Å². The number of hydrogen-bond donors (Lipinski definition) is 2. The van der Waals surface area contributed by atoms with Gasteiger partial charge >= 0.3 is 0 Å². The Morgan fingerprint density at radius 1 is 1.08 bits per heavy atom. The third kappa shape index (κ3) is 5.58. The van der Waals surface area contributed by atoms with Crippen LogP contribution in [0.4, 0.5) is 0 Å². The smallest absolute Gasteiger partial charge is 0.00104 e. The maximum Gasteiger partial charge on any atom is 0.00104 e. The first-order valence-electron chi connectivity index (χ1n) is 5.33. The van der Waals surface area contributed by atoms with E-state index in [-0.39, 0.29) is 0 Å². The molecule has 0 aromatic rings. The highest BCUT2D eigenvalue weighted by Gasteiger charge is 2.19. The predicted octanol–water partition coefficient (Wildman–Crippen LogP) is 2.82. The summed E-state index contributed by atoms with van der Waals surface area (Å²) in [5, 5.41) is 3.51. The Morgan fingerprint density at radius 2 is 1.62 bits per heavy atom. The number of thiol groups is 1. The van der Waals surface area contributed by atoms with Crippen LogP contribution in [0.15, 0.2) is 0 Å². The highest BCUT2D eigenvalue weighted by molar-refractivity contribution is 7.80. The number of rotatable bonds is 6. The second kappa shape index (κ2) is 6.72. The van der Waals surface area contributed by atoms with Crippen molar-refractivity contribution in [3.63, 3.8) is 0 Å². The average Bonchev–Trinajstić information content (AvgIpc) is 2.03. The molecule has 0 bridgehead atoms. The van der Waals surface area contributed by atoms with E-state index in [4.69, 9.17) is 0 Å². The van der Waals surface area contributed by atoms with Gasteiger partial charge in [-0.05, 0) is 30.1 Å². The minimum absolute atomic E-state index is 0.591. The fraction of sp³-hybridized carbons (Fsp3) is 1.00. The Hall–Kier alpha value is 0.310. The molecule has 0 heterocycles. The van der Waals surface area contributed by atoms with Gasteiger partial charge in [-0.15, -0.1) is 0 Å². The van der Waals surface area contributed by atoms with Gasteiger partial charge in [-0.25, -0.2) is 0 Å². The molecule has 2 unspecified atom stereocenters. The van der Waals surface area contributed by atoms with E-state index in [2.05, 4.69) is 52.6 Å². The summed E-state index contributed by atoms with van der Waals surface area (Å²) in [5.74, 6) is 3.19. The Kier molecular flexibility index (Phi) is 6.88. The maximum atomic E-state index is 4.37. The van der Waals surface area contributed by atoms with E-state index in [1.807, 2.05) is 0 Å². The fourth-order valence-electron chi connectivity index (χ4n) is 1.60. The van der Waals surface area contributed by atoms with E-state index >= 15 is 0 Å². The molecule has 1 nitrogen and oxygen atoms in total. The van der Waals surface area contributed by atoms with Crippen molar-refractivity contribution in [3.05, 3.63) is 0 Å². The van der Waals surface area contributed by atoms with Crippen LogP contribution in [0.5, 0.6) is 0 Å². The first-order chi connectivity index (χ1) is 5.99. The lowest BCUT2D eigenvalue weighted by molar-refractivity contribution is 0.273. The van der Waals surface area contributed by atoms with E-state index in [9.17, 15) is 0 Å². The Bertz CT molecular complexity index is 123. The second-order valence-corrected chi connectivity index (χ2v) is 5.00. The Balaban J connectivity index is 3.95. The highest BCUT2D eigenvalue weighted by atomic mass is 32.1. The summed E-state index contributed by atoms with van der Waals surface area (Å²) in [5.41, 5.74) is 0. The third-order valence-corrected chi connectivity index (χ3v) is 3.21. The van der Waals surface area contributed by atoms with Crippen molar-refractivity contribution in [3.8, 4) is 0 Å². The standard InChI is InChI=1S/C11H25NS/c1-8(2)11(10(5)7-13)6-12-9(3)4/h8-13H,6-7H2,1-5H3. The van der Waals surface area contributed by atoms with Crippen molar-refractivity contribution in [2.24, 2.45) is 17.8 Å². The SMILES string of the molecule is CC(C)NCC(C(C)C)C(C)CS. The predicted molar refractivity (Wildman–Crippen MR) is 64.5 cm³/mol. The lowest BCUT2D eigenvalue weighted by Gasteiger charge is -2.27. The third-order valence-electron chi connectivity index (χ3n) is 2.64. The molecule has 13 heavy (non-hydrogen) atoms. The van der Waals surface area contributed by atoms with Crippen LogP contribution >= 0.6 is 12.6 Å². The van der Waals surface area contributed by atoms with Crippen LogP contribution in [0.25, 0.3) is 0 Å². The molecule has 2 heteroatoms. The first kappa shape index (κ1) is 13.3. The molecule has 0 radical (unpaired) electrons. The van der Waals surface area contributed by atoms with Gasteiger partial charge in [-0.1, -0.05) is 34.6 Å². The van der Waals surface area contributed by atoms with Gasteiger partial charge in [0.1, 0.15) is 0 Å². The van der Waals surface area contributed by atoms with Crippen LogP contribution in [0.1, 0.15) is 34.6 Å². The Labute approximate surface area is 89.1 Å². The van der Waals surface area contributed by atoms with Crippen molar-refractivity contribution in [1.82, 2.24) is 5.32 Å². The van der Waals surface area contributed by atoms with Crippen molar-refractivity contribution in [2.75, 3.05) is 12.3 Å². The molecule has 0 aliphatic heterocycles. The molecular weight excluding hydrogens is 178 g/mol. The zero-order chi connectivity index (χ0) is 10.4. The second-order valence-electron chi connectivity index (χ2n) is 4.63. The van der Waals surface area contributed by atoms with Gasteiger partial charge in [0.05, 0.1) is 0 Å². The zero-order valence-corrected chi connectivity index (χ0v) is 10.6. The van der Waals surface area contributed by atoms with E-state index in [0.717, 1.165) is 24.1 Å². The summed E-state index contributed by atoms with van der Waals surface area (Å²) >= 11 is 4.37. The molecule has 1 N–H and O–H groups in total. The number of hydrogen-bond acceptors (Lipinski definition) is 2. The number of nitrogens with one attached hydrogen (secondary N) is 1. The Morgan fingerprint density at radius 3 is 1.92 bits per heavy atom. The summed E-state index contributed by atoms with van der Waals surface area (Å²) in [4.78, 5) is 0. The van der Waals surface area contributed by atoms with E-state index < -0.39 is 0 Å². The van der Waals surface area contributed by atoms with E-state index in [1.54, 1.807) is 0 Å². The van der Waals surface area contributed by atoms with Crippen molar-refractivity contribution in [1.29, 1.82) is 0 Å². The highest BCUT2D eigenvalue weighted by Crippen LogP contribution is 2.21. The monoisotopic (exact) mass is 203 g/mol. The van der Waals surface area contributed by atoms with Crippen LogP contribution in [-0.4, -0.2) is 18.3 Å². The van der Waals surface area contributed by atoms with Gasteiger partial charge in [0, 0.05) is 6.04 Å². The van der Waals surface area contributed by atoms with Crippen molar-refractivity contribution in [2.45, 2.75) is 40.7 Å². The topological polar surface area (TPSA) is 12.0 Å². The fourth-order valence-corrected chi connectivity index (χ4v) is 1.87. The minimum Gasteiger partial charge on any atom is -0.314 e. The van der Waals surface area contributed by atoms with Crippen LogP contribution in [0.2, 0.25) is 0 Å². The summed E-state index contributed by atoms with van der Waals surface area (Å²) < 4.78 is 0. The molecule has 0 aromatic carbocycles. The van der Waals surface area contributed by atoms with Crippen LogP contribution in [0.3, 0.4) is 0 Å². The summed E-state index contributed by atoms with van der Waals surface area (Å²) in [7, 11) is 0. The zero-order valence-electron chi connectivity index (χ0n) is 9.67. The van der Waals surface area contributed by atoms with Crippen LogP contribution in [-0.2, 0) is 0 Å². The normalized spacial score (nSPS) is 16.6. The summed E-state index contributed by atoms with van der Waals surface area (Å²) in [6.07, 6.45) is 0. The van der Waals surface area contributed by atoms with Gasteiger partial charge in [0.25, 0.3) is 0 Å². The molecule has 0 amide bonds. The molecule has 0 spiro atoms. The van der Waals surface area contributed by atoms with Crippen LogP contribution < -0.4 is 5.32 Å². The molecule has 2 atom stereocenters. The summed E-state index contributed by atoms with van der Waals surface area (Å²) in [6.45, 7) is 12.4. The summed E-state index contributed by atoms with van der Waals surface area (Å²) in [6, 6.07) is 0.591. The lowest BCUT2D eigenvalue weighted by atomic mass is 9.85. The molecule has 0 aliphatic carbocycles. The molecule has 80 valence electrons. The maximum absolute atomic E-state index is 4.37. The molecule has 0 rings (SSSR count). The van der Waals surface area contributed by atoms with Gasteiger partial charge in [-0.3, -0.25) is 0 Å². The van der Waals surface area contributed by atoms with Crippen molar-refractivity contribution < 1.29 is 0 Å². The lowest BCUT2D eigenvalue weighted by Crippen LogP contribution is -2.35. The molecular formula is C11H25NS. The van der Waals surface area contributed by atoms with Gasteiger partial charge in [-0.2, -0.15) is 12.6 Å². The average molecular weight is 203 g/mol. The van der Waals surface area contributed by atoms with E-state index in [1.165, 1.54) is 0 Å². The molecule has 0 saturated carbocycles. The van der Waals surface area contributed by atoms with Gasteiger partial charge in [0.2, 0.25) is 0 Å². The van der Waals surface area contributed by atoms with E-state index in [0.29, 0.717) is 12.0 Å². The van der Waals surface area contributed by atoms with Crippen molar-refractivity contribution >= 4 is 12.6 Å². The molecule has 0 aliphatic rings. The largest absolute Gasteiger partial charge is 0.314 e. The first-order valence-corrected chi connectivity index (χ1v) is 5.96. The van der Waals surface area contributed by atoms with Gasteiger partial charge < -0.3 is 5.32 Å². The molecule has 0 fully saturated rings. The van der Waals surface area contributed by atoms with Crippen LogP contribution in [0, 0.1) is 17.8 Å².